The minimum Gasteiger partial charge on any atom is -0.480 e. The van der Waals surface area contributed by atoms with Crippen LogP contribution in [-0.4, -0.2) is 12.0 Å². The SMILES string of the molecule is CC[C@H](Oc1ccc(C)cc1C)C(=O)Nc1cccc(Cl)c1. The largest absolute Gasteiger partial charge is 0.480 e. The summed E-state index contributed by atoms with van der Waals surface area (Å²) in [6.45, 7) is 5.93. The molecule has 3 nitrogen and oxygen atoms in total. The fraction of sp³-hybridized carbons (Fsp3) is 0.278. The molecule has 0 aliphatic heterocycles. The summed E-state index contributed by atoms with van der Waals surface area (Å²) in [5.41, 5.74) is 2.86. The second-order valence-corrected chi connectivity index (χ2v) is 5.72. The smallest absolute Gasteiger partial charge is 0.265 e. The lowest BCUT2D eigenvalue weighted by molar-refractivity contribution is -0.122. The normalized spacial score (nSPS) is 11.8. The Balaban J connectivity index is 2.09. The third-order valence-electron chi connectivity index (χ3n) is 3.36. The van der Waals surface area contributed by atoms with Gasteiger partial charge in [-0.05, 0) is 50.1 Å². The Kier molecular flexibility index (Phi) is 5.45. The van der Waals surface area contributed by atoms with Crippen molar-refractivity contribution in [1.82, 2.24) is 0 Å². The summed E-state index contributed by atoms with van der Waals surface area (Å²) in [7, 11) is 0. The first-order valence-electron chi connectivity index (χ1n) is 7.30. The second kappa shape index (κ2) is 7.32. The number of benzene rings is 2. The minimum absolute atomic E-state index is 0.176. The van der Waals surface area contributed by atoms with Gasteiger partial charge >= 0.3 is 0 Å². The van der Waals surface area contributed by atoms with E-state index in [0.717, 1.165) is 11.3 Å². The molecule has 0 saturated carbocycles. The highest BCUT2D eigenvalue weighted by molar-refractivity contribution is 6.30. The van der Waals surface area contributed by atoms with E-state index in [9.17, 15) is 4.79 Å². The Morgan fingerprint density at radius 1 is 1.23 bits per heavy atom. The van der Waals surface area contributed by atoms with Crippen molar-refractivity contribution in [1.29, 1.82) is 0 Å². The molecule has 0 spiro atoms. The van der Waals surface area contributed by atoms with Crippen molar-refractivity contribution in [3.63, 3.8) is 0 Å². The van der Waals surface area contributed by atoms with Crippen LogP contribution < -0.4 is 10.1 Å². The molecule has 0 fully saturated rings. The predicted molar refractivity (Wildman–Crippen MR) is 90.7 cm³/mol. The predicted octanol–water partition coefficient (Wildman–Crippen LogP) is 4.75. The lowest BCUT2D eigenvalue weighted by Gasteiger charge is -2.19. The number of amides is 1. The highest BCUT2D eigenvalue weighted by atomic mass is 35.5. The van der Waals surface area contributed by atoms with Gasteiger partial charge in [-0.25, -0.2) is 0 Å². The molecule has 0 aliphatic carbocycles. The van der Waals surface area contributed by atoms with Crippen LogP contribution in [-0.2, 0) is 4.79 Å². The maximum atomic E-state index is 12.4. The number of nitrogens with one attached hydrogen (secondary N) is 1. The molecule has 2 rings (SSSR count). The Hall–Kier alpha value is -2.00. The molecular formula is C18H20ClNO2. The lowest BCUT2D eigenvalue weighted by atomic mass is 10.1. The Morgan fingerprint density at radius 2 is 2.00 bits per heavy atom. The number of hydrogen-bond donors (Lipinski definition) is 1. The van der Waals surface area contributed by atoms with Gasteiger partial charge in [0, 0.05) is 10.7 Å². The maximum Gasteiger partial charge on any atom is 0.265 e. The maximum absolute atomic E-state index is 12.4. The van der Waals surface area contributed by atoms with E-state index in [1.807, 2.05) is 39.0 Å². The van der Waals surface area contributed by atoms with E-state index in [4.69, 9.17) is 16.3 Å². The highest BCUT2D eigenvalue weighted by Crippen LogP contribution is 2.22. The summed E-state index contributed by atoms with van der Waals surface area (Å²) in [5, 5.41) is 3.42. The van der Waals surface area contributed by atoms with Crippen LogP contribution in [0, 0.1) is 13.8 Å². The molecule has 1 atom stereocenters. The topological polar surface area (TPSA) is 38.3 Å². The number of ether oxygens (including phenoxy) is 1. The van der Waals surface area contributed by atoms with Crippen LogP contribution >= 0.6 is 11.6 Å². The van der Waals surface area contributed by atoms with E-state index in [0.29, 0.717) is 17.1 Å². The molecule has 4 heteroatoms. The summed E-state index contributed by atoms with van der Waals surface area (Å²) in [4.78, 5) is 12.4. The number of anilines is 1. The second-order valence-electron chi connectivity index (χ2n) is 5.28. The van der Waals surface area contributed by atoms with Gasteiger partial charge in [0.05, 0.1) is 0 Å². The molecule has 0 aromatic heterocycles. The summed E-state index contributed by atoms with van der Waals surface area (Å²) in [6.07, 6.45) is 0.0417. The first-order chi connectivity index (χ1) is 10.5. The van der Waals surface area contributed by atoms with Crippen molar-refractivity contribution >= 4 is 23.2 Å². The number of rotatable bonds is 5. The van der Waals surface area contributed by atoms with Gasteiger partial charge in [-0.15, -0.1) is 0 Å². The van der Waals surface area contributed by atoms with Crippen LogP contribution in [0.15, 0.2) is 42.5 Å². The van der Waals surface area contributed by atoms with Crippen molar-refractivity contribution in [2.24, 2.45) is 0 Å². The monoisotopic (exact) mass is 317 g/mol. The van der Waals surface area contributed by atoms with Gasteiger partial charge in [0.25, 0.3) is 5.91 Å². The van der Waals surface area contributed by atoms with E-state index in [-0.39, 0.29) is 5.91 Å². The number of carbonyl (C=O) groups excluding carboxylic acids is 1. The molecule has 2 aromatic rings. The number of aryl methyl sites for hydroxylation is 2. The number of hydrogen-bond acceptors (Lipinski definition) is 2. The first-order valence-corrected chi connectivity index (χ1v) is 7.67. The van der Waals surface area contributed by atoms with Gasteiger partial charge in [0.2, 0.25) is 0 Å². The van der Waals surface area contributed by atoms with E-state index < -0.39 is 6.10 Å². The van der Waals surface area contributed by atoms with Gasteiger partial charge in [-0.2, -0.15) is 0 Å². The zero-order valence-electron chi connectivity index (χ0n) is 13.0. The molecule has 0 saturated heterocycles. The fourth-order valence-electron chi connectivity index (χ4n) is 2.20. The van der Waals surface area contributed by atoms with Crippen molar-refractivity contribution in [2.75, 3.05) is 5.32 Å². The van der Waals surface area contributed by atoms with Crippen molar-refractivity contribution < 1.29 is 9.53 Å². The molecule has 1 N–H and O–H groups in total. The highest BCUT2D eigenvalue weighted by Gasteiger charge is 2.19. The molecule has 116 valence electrons. The van der Waals surface area contributed by atoms with Crippen LogP contribution in [0.1, 0.15) is 24.5 Å². The number of carbonyl (C=O) groups is 1. The molecule has 22 heavy (non-hydrogen) atoms. The minimum atomic E-state index is -0.541. The quantitative estimate of drug-likeness (QED) is 0.864. The zero-order valence-corrected chi connectivity index (χ0v) is 13.8. The molecule has 2 aromatic carbocycles. The van der Waals surface area contributed by atoms with Gasteiger partial charge in [-0.1, -0.05) is 42.3 Å². The first kappa shape index (κ1) is 16.4. The van der Waals surface area contributed by atoms with Crippen molar-refractivity contribution in [2.45, 2.75) is 33.3 Å². The molecule has 0 bridgehead atoms. The Morgan fingerprint density at radius 3 is 2.64 bits per heavy atom. The summed E-state index contributed by atoms with van der Waals surface area (Å²) in [5.74, 6) is 0.559. The Labute approximate surface area is 136 Å². The van der Waals surface area contributed by atoms with E-state index in [1.54, 1.807) is 24.3 Å². The van der Waals surface area contributed by atoms with Gasteiger partial charge in [-0.3, -0.25) is 4.79 Å². The van der Waals surface area contributed by atoms with Gasteiger partial charge < -0.3 is 10.1 Å². The zero-order chi connectivity index (χ0) is 16.1. The molecule has 0 heterocycles. The number of halogens is 1. The van der Waals surface area contributed by atoms with Crippen LogP contribution in [0.5, 0.6) is 5.75 Å². The van der Waals surface area contributed by atoms with Crippen LogP contribution in [0.25, 0.3) is 0 Å². The summed E-state index contributed by atoms with van der Waals surface area (Å²) < 4.78 is 5.87. The third kappa shape index (κ3) is 4.25. The van der Waals surface area contributed by atoms with Crippen LogP contribution in [0.2, 0.25) is 5.02 Å². The fourth-order valence-corrected chi connectivity index (χ4v) is 2.39. The van der Waals surface area contributed by atoms with E-state index in [1.165, 1.54) is 5.56 Å². The van der Waals surface area contributed by atoms with Gasteiger partial charge in [0.15, 0.2) is 6.10 Å². The average Bonchev–Trinajstić information content (AvgIpc) is 2.46. The van der Waals surface area contributed by atoms with Crippen molar-refractivity contribution in [3.8, 4) is 5.75 Å². The standard InChI is InChI=1S/C18H20ClNO2/c1-4-16(22-17-9-8-12(2)10-13(17)3)18(21)20-15-7-5-6-14(19)11-15/h5-11,16H,4H2,1-3H3,(H,20,21)/t16-/m0/s1. The van der Waals surface area contributed by atoms with Crippen molar-refractivity contribution in [3.05, 3.63) is 58.6 Å². The molecule has 0 aliphatic rings. The van der Waals surface area contributed by atoms with E-state index >= 15 is 0 Å². The van der Waals surface area contributed by atoms with Crippen LogP contribution in [0.3, 0.4) is 0 Å². The summed E-state index contributed by atoms with van der Waals surface area (Å²) >= 11 is 5.92. The third-order valence-corrected chi connectivity index (χ3v) is 3.59. The Bertz CT molecular complexity index is 670. The average molecular weight is 318 g/mol. The summed E-state index contributed by atoms with van der Waals surface area (Å²) in [6, 6.07) is 13.0. The molecule has 0 radical (unpaired) electrons. The van der Waals surface area contributed by atoms with E-state index in [2.05, 4.69) is 5.32 Å². The van der Waals surface area contributed by atoms with Gasteiger partial charge in [0.1, 0.15) is 5.75 Å². The molecule has 1 amide bonds. The molecular weight excluding hydrogens is 298 g/mol. The molecule has 0 unspecified atom stereocenters. The van der Waals surface area contributed by atoms with Crippen LogP contribution in [0.4, 0.5) is 5.69 Å². The lowest BCUT2D eigenvalue weighted by Crippen LogP contribution is -2.32.